The number of aromatic nitrogens is 3. The molecule has 2 aliphatic heterocycles. The van der Waals surface area contributed by atoms with Crippen LogP contribution in [0, 0.1) is 0 Å². The molecule has 2 amide bonds. The van der Waals surface area contributed by atoms with E-state index in [1.165, 1.54) is 35.8 Å². The Labute approximate surface area is 246 Å². The van der Waals surface area contributed by atoms with E-state index in [4.69, 9.17) is 16.3 Å². The van der Waals surface area contributed by atoms with Crippen molar-refractivity contribution < 1.29 is 38.8 Å². The second-order valence-electron chi connectivity index (χ2n) is 9.14. The first kappa shape index (κ1) is 30.1. The van der Waals surface area contributed by atoms with Crippen molar-refractivity contribution in [3.8, 4) is 0 Å². The van der Waals surface area contributed by atoms with Gasteiger partial charge in [-0.1, -0.05) is 12.1 Å². The minimum atomic E-state index is -1.72. The van der Waals surface area contributed by atoms with Crippen LogP contribution in [0.1, 0.15) is 26.0 Å². The van der Waals surface area contributed by atoms with Gasteiger partial charge in [0.15, 0.2) is 10.8 Å². The van der Waals surface area contributed by atoms with Crippen LogP contribution in [0.15, 0.2) is 39.2 Å². The van der Waals surface area contributed by atoms with Crippen molar-refractivity contribution in [2.24, 2.45) is 12.2 Å². The number of oxime groups is 1. The van der Waals surface area contributed by atoms with E-state index < -0.39 is 40.8 Å². The molecule has 7 N–H and O–H groups in total. The summed E-state index contributed by atoms with van der Waals surface area (Å²) in [5, 5.41) is 27.3. The summed E-state index contributed by atoms with van der Waals surface area (Å²) in [7, 11) is 1.78. The Kier molecular flexibility index (Phi) is 8.74. The fraction of sp³-hybridized carbons (Fsp3) is 0.391. The summed E-state index contributed by atoms with van der Waals surface area (Å²) in [6.07, 6.45) is 1.79. The summed E-state index contributed by atoms with van der Waals surface area (Å²) in [6, 6.07) is 0.572. The molecular weight excluding hydrogens is 597 g/mol. The maximum atomic E-state index is 13.3. The van der Waals surface area contributed by atoms with Crippen LogP contribution in [0.25, 0.3) is 0 Å². The number of carbonyl (C=O) groups is 4. The van der Waals surface area contributed by atoms with Gasteiger partial charge in [0.05, 0.1) is 13.2 Å². The van der Waals surface area contributed by atoms with Gasteiger partial charge in [-0.3, -0.25) is 14.5 Å². The number of carbonyl (C=O) groups excluding carboxylic acids is 2. The number of hydrogen-bond donors (Lipinski definition) is 5. The van der Waals surface area contributed by atoms with Gasteiger partial charge in [-0.05, 0) is 35.7 Å². The molecule has 1 fully saturated rings. The Bertz CT molecular complexity index is 1480. The number of nitrogens with zero attached hydrogens (tertiary/aromatic N) is 5. The molecule has 4 rings (SSSR count). The lowest BCUT2D eigenvalue weighted by Gasteiger charge is -2.49. The lowest BCUT2D eigenvalue weighted by atomic mass is 10.0. The summed E-state index contributed by atoms with van der Waals surface area (Å²) in [4.78, 5) is 65.0. The van der Waals surface area contributed by atoms with Gasteiger partial charge in [-0.25, -0.2) is 19.1 Å². The average molecular weight is 624 g/mol. The van der Waals surface area contributed by atoms with Crippen molar-refractivity contribution in [3.63, 3.8) is 0 Å². The van der Waals surface area contributed by atoms with Gasteiger partial charge in [0.1, 0.15) is 22.8 Å². The summed E-state index contributed by atoms with van der Waals surface area (Å²) >= 11 is 3.61. The standard InChI is InChI=1S/C23H26N8O7S3/c1-4-23(2,20(36)37)38-29-13(11-9-40-21(25)26-11)16(32)28-14-17(33)31-15(19(34)35)10(7-39-18(14)31)8-41-22-27-12(24)5-6-30(22)3/h5-6,9,14,18,24H,4,7-8H2,1-3H3,(H5,25,26,28,32,34,35,36,37)/p+1/b29-13-/t14?,18-,23-/m1/s1. The molecular formula is C23H27N8O7S3+. The number of thioether (sulfide) groups is 2. The summed E-state index contributed by atoms with van der Waals surface area (Å²) < 4.78 is 1.75. The molecule has 1 unspecified atom stereocenters. The fourth-order valence-electron chi connectivity index (χ4n) is 3.77. The summed E-state index contributed by atoms with van der Waals surface area (Å²) in [5.74, 6) is -3.16. The van der Waals surface area contributed by atoms with Gasteiger partial charge in [-0.2, -0.15) is 0 Å². The highest BCUT2D eigenvalue weighted by atomic mass is 32.2. The van der Waals surface area contributed by atoms with Crippen LogP contribution in [0.5, 0.6) is 0 Å². The molecule has 0 bridgehead atoms. The number of nitrogens with one attached hydrogen (secondary N) is 1. The molecule has 1 saturated heterocycles. The molecule has 0 aromatic carbocycles. The predicted octanol–water partition coefficient (Wildman–Crippen LogP) is 0.0319. The summed E-state index contributed by atoms with van der Waals surface area (Å²) in [6.45, 7) is 2.88. The first-order valence-electron chi connectivity index (χ1n) is 12.0. The van der Waals surface area contributed by atoms with E-state index in [1.807, 2.05) is 0 Å². The van der Waals surface area contributed by atoms with Gasteiger partial charge < -0.3 is 31.8 Å². The van der Waals surface area contributed by atoms with E-state index in [0.29, 0.717) is 22.3 Å². The molecule has 4 heterocycles. The summed E-state index contributed by atoms with van der Waals surface area (Å²) in [5.41, 5.74) is 9.78. The molecule has 15 nitrogen and oxygen atoms in total. The lowest BCUT2D eigenvalue weighted by molar-refractivity contribution is -0.713. The molecule has 0 radical (unpaired) electrons. The van der Waals surface area contributed by atoms with Crippen molar-refractivity contribution >= 4 is 75.3 Å². The van der Waals surface area contributed by atoms with Gasteiger partial charge in [0.25, 0.3) is 11.8 Å². The highest BCUT2D eigenvalue weighted by molar-refractivity contribution is 8.01. The van der Waals surface area contributed by atoms with Crippen LogP contribution in [0.2, 0.25) is 0 Å². The van der Waals surface area contributed by atoms with Crippen LogP contribution < -0.4 is 21.4 Å². The molecule has 18 heteroatoms. The van der Waals surface area contributed by atoms with Crippen LogP contribution >= 0.6 is 34.9 Å². The molecule has 41 heavy (non-hydrogen) atoms. The Balaban J connectivity index is 1.53. The number of β-lactam (4-membered cyclic amide) rings is 1. The largest absolute Gasteiger partial charge is 0.478 e. The fourth-order valence-corrected chi connectivity index (χ4v) is 6.77. The van der Waals surface area contributed by atoms with Crippen LogP contribution in [-0.2, 0) is 31.1 Å². The van der Waals surface area contributed by atoms with E-state index >= 15 is 0 Å². The minimum absolute atomic E-state index is 0.0301. The number of aliphatic carboxylic acids is 2. The first-order valence-corrected chi connectivity index (χ1v) is 14.9. The number of anilines is 2. The maximum Gasteiger partial charge on any atom is 0.361 e. The Morgan fingerprint density at radius 2 is 2.07 bits per heavy atom. The van der Waals surface area contributed by atoms with Crippen LogP contribution in [0.3, 0.4) is 0 Å². The molecule has 2 aliphatic rings. The average Bonchev–Trinajstić information content (AvgIpc) is 3.36. The Morgan fingerprint density at radius 3 is 2.68 bits per heavy atom. The third-order valence-electron chi connectivity index (χ3n) is 6.35. The number of amides is 2. The van der Waals surface area contributed by atoms with E-state index in [1.54, 1.807) is 30.8 Å². The van der Waals surface area contributed by atoms with Gasteiger partial charge in [-0.15, -0.1) is 23.1 Å². The van der Waals surface area contributed by atoms with Crippen molar-refractivity contribution in [1.29, 1.82) is 0 Å². The zero-order valence-corrected chi connectivity index (χ0v) is 24.5. The number of carboxylic acids is 2. The molecule has 0 spiro atoms. The monoisotopic (exact) mass is 623 g/mol. The number of aryl methyl sites for hydroxylation is 1. The van der Waals surface area contributed by atoms with Crippen LogP contribution in [0.4, 0.5) is 10.9 Å². The SMILES string of the molecule is CC[C@@](C)(O/N=C(\C(=O)NC1C(=O)N2C(C(=O)O)=C(CSc3nc(N)cc[n+]3C)CS[C@H]12)c1csc(N)n1)C(=O)O. The lowest BCUT2D eigenvalue weighted by Crippen LogP contribution is -2.71. The first-order chi connectivity index (χ1) is 19.4. The molecule has 3 atom stereocenters. The molecule has 0 saturated carbocycles. The van der Waals surface area contributed by atoms with Crippen molar-refractivity contribution in [1.82, 2.24) is 20.2 Å². The van der Waals surface area contributed by atoms with Gasteiger partial charge in [0, 0.05) is 23.0 Å². The van der Waals surface area contributed by atoms with Crippen LogP contribution in [-0.4, -0.2) is 83.1 Å². The van der Waals surface area contributed by atoms with Gasteiger partial charge >= 0.3 is 17.1 Å². The predicted molar refractivity (Wildman–Crippen MR) is 151 cm³/mol. The molecule has 2 aromatic heterocycles. The smallest absolute Gasteiger partial charge is 0.361 e. The number of thiazole rings is 1. The topological polar surface area (TPSA) is 227 Å². The third-order valence-corrected chi connectivity index (χ3v) is 9.50. The number of nitrogen functional groups attached to an aromatic ring is 2. The zero-order chi connectivity index (χ0) is 30.1. The van der Waals surface area contributed by atoms with E-state index in [2.05, 4.69) is 20.4 Å². The second kappa shape index (κ2) is 11.9. The molecule has 2 aromatic rings. The number of nitrogens with two attached hydrogens (primary N) is 2. The quantitative estimate of drug-likeness (QED) is 0.0557. The Morgan fingerprint density at radius 1 is 1.34 bits per heavy atom. The minimum Gasteiger partial charge on any atom is -0.478 e. The molecule has 0 aliphatic carbocycles. The highest BCUT2D eigenvalue weighted by Crippen LogP contribution is 2.41. The maximum absolute atomic E-state index is 13.3. The number of carboxylic acid groups (broad SMARTS) is 2. The normalized spacial score (nSPS) is 20.1. The molecule has 218 valence electrons. The van der Waals surface area contributed by atoms with Gasteiger partial charge in [0.2, 0.25) is 11.4 Å². The van der Waals surface area contributed by atoms with Crippen molar-refractivity contribution in [2.45, 2.75) is 42.4 Å². The van der Waals surface area contributed by atoms with Crippen molar-refractivity contribution in [3.05, 3.63) is 34.6 Å². The number of rotatable bonds is 11. The zero-order valence-electron chi connectivity index (χ0n) is 22.1. The van der Waals surface area contributed by atoms with E-state index in [9.17, 15) is 29.4 Å². The van der Waals surface area contributed by atoms with E-state index in [-0.39, 0.29) is 34.4 Å². The third kappa shape index (κ3) is 6.08. The Hall–Kier alpha value is -3.90. The number of fused-ring (bicyclic) bond motifs is 1. The van der Waals surface area contributed by atoms with E-state index in [0.717, 1.165) is 16.2 Å². The number of hydrogen-bond acceptors (Lipinski definition) is 13. The second-order valence-corrected chi connectivity index (χ2v) is 12.1. The van der Waals surface area contributed by atoms with Crippen molar-refractivity contribution in [2.75, 3.05) is 23.0 Å². The highest BCUT2D eigenvalue weighted by Gasteiger charge is 2.54.